The third-order valence-corrected chi connectivity index (χ3v) is 7.71. The summed E-state index contributed by atoms with van der Waals surface area (Å²) in [6.07, 6.45) is -3.03. The molecule has 10 nitrogen and oxygen atoms in total. The maximum Gasteiger partial charge on any atom is 0.525 e. The van der Waals surface area contributed by atoms with Crippen LogP contribution in [0.25, 0.3) is 22.2 Å². The van der Waals surface area contributed by atoms with Crippen LogP contribution in [0.15, 0.2) is 42.6 Å². The SMILES string of the molecule is Cc1nc(N2CC(O)(OC(F)(F)F)C2)ncc1-c1ccc2nc3n(c2c1)[C@@H]1C[C@H]3NC(=O)c2cccc(OC(F)F)c21. The predicted molar refractivity (Wildman–Crippen MR) is 136 cm³/mol. The molecule has 3 aliphatic rings. The summed E-state index contributed by atoms with van der Waals surface area (Å²) in [6, 6.07) is 9.02. The Morgan fingerprint density at radius 3 is 2.64 bits per heavy atom. The number of rotatable bonds is 5. The Balaban J connectivity index is 1.24. The number of hydrogen-bond donors (Lipinski definition) is 2. The lowest BCUT2D eigenvalue weighted by Gasteiger charge is -2.45. The van der Waals surface area contributed by atoms with Crippen molar-refractivity contribution in [2.45, 2.75) is 44.2 Å². The first-order chi connectivity index (χ1) is 19.9. The highest BCUT2D eigenvalue weighted by molar-refractivity contribution is 5.98. The van der Waals surface area contributed by atoms with Gasteiger partial charge in [0.1, 0.15) is 11.6 Å². The van der Waals surface area contributed by atoms with Crippen molar-refractivity contribution in [3.05, 3.63) is 65.2 Å². The molecule has 2 aromatic carbocycles. The Kier molecular flexibility index (Phi) is 5.72. The van der Waals surface area contributed by atoms with E-state index in [0.717, 1.165) is 5.56 Å². The topological polar surface area (TPSA) is 115 Å². The number of carbonyl (C=O) groups excluding carboxylic acids is 1. The summed E-state index contributed by atoms with van der Waals surface area (Å²) in [5.41, 5.74) is 3.84. The molecule has 15 heteroatoms. The fourth-order valence-corrected chi connectivity index (χ4v) is 6.04. The molecule has 1 amide bonds. The smallest absolute Gasteiger partial charge is 0.434 e. The van der Waals surface area contributed by atoms with Crippen molar-refractivity contribution < 1.29 is 41.3 Å². The van der Waals surface area contributed by atoms with Crippen LogP contribution in [-0.4, -0.2) is 62.4 Å². The van der Waals surface area contributed by atoms with Gasteiger partial charge in [0, 0.05) is 22.9 Å². The van der Waals surface area contributed by atoms with E-state index in [4.69, 9.17) is 9.72 Å². The number of anilines is 1. The number of benzene rings is 2. The van der Waals surface area contributed by atoms with E-state index in [2.05, 4.69) is 20.0 Å². The number of aryl methyl sites for hydroxylation is 1. The van der Waals surface area contributed by atoms with Crippen LogP contribution in [0.2, 0.25) is 0 Å². The first-order valence-corrected chi connectivity index (χ1v) is 12.9. The van der Waals surface area contributed by atoms with Crippen LogP contribution < -0.4 is 15.0 Å². The lowest BCUT2D eigenvalue weighted by atomic mass is 9.97. The number of imidazole rings is 1. The summed E-state index contributed by atoms with van der Waals surface area (Å²) in [7, 11) is 0. The first kappa shape index (κ1) is 26.5. The molecule has 3 aliphatic heterocycles. The molecule has 4 aromatic rings. The molecule has 2 atom stereocenters. The van der Waals surface area contributed by atoms with Gasteiger partial charge in [-0.2, -0.15) is 8.78 Å². The van der Waals surface area contributed by atoms with Crippen LogP contribution in [0.5, 0.6) is 5.75 Å². The van der Waals surface area contributed by atoms with Gasteiger partial charge in [-0.05, 0) is 43.2 Å². The monoisotopic (exact) mass is 588 g/mol. The summed E-state index contributed by atoms with van der Waals surface area (Å²) in [5, 5.41) is 12.9. The van der Waals surface area contributed by atoms with Gasteiger partial charge < -0.3 is 24.6 Å². The molecule has 1 saturated heterocycles. The minimum Gasteiger partial charge on any atom is -0.434 e. The third-order valence-electron chi connectivity index (χ3n) is 7.71. The van der Waals surface area contributed by atoms with E-state index >= 15 is 0 Å². The standard InChI is InChI=1S/C27H21F5N6O4/c1-12-15(9-33-25(34-12)37-10-26(40,11-37)42-27(30,31)32)13-5-6-16-18(7-13)38-19-8-17(22(38)35-16)36-23(39)14-3-2-4-20(21(14)19)41-24(28)29/h2-7,9,17,19,24,40H,8,10-11H2,1H3,(H,36,39)/t17-,19-/m1/s1. The fraction of sp³-hybridized carbons (Fsp3) is 0.333. The molecule has 7 rings (SSSR count). The first-order valence-electron chi connectivity index (χ1n) is 12.9. The Morgan fingerprint density at radius 2 is 1.93 bits per heavy atom. The second-order valence-corrected chi connectivity index (χ2v) is 10.4. The average molecular weight is 588 g/mol. The summed E-state index contributed by atoms with van der Waals surface area (Å²) < 4.78 is 74.7. The zero-order valence-electron chi connectivity index (χ0n) is 21.7. The summed E-state index contributed by atoms with van der Waals surface area (Å²) in [6.45, 7) is -2.24. The molecule has 0 aliphatic carbocycles. The largest absolute Gasteiger partial charge is 0.525 e. The number of amides is 1. The normalized spacial score (nSPS) is 20.7. The summed E-state index contributed by atoms with van der Waals surface area (Å²) >= 11 is 0. The number of fused-ring (bicyclic) bond motifs is 9. The van der Waals surface area contributed by atoms with E-state index in [9.17, 15) is 31.9 Å². The van der Waals surface area contributed by atoms with E-state index in [1.807, 2.05) is 16.7 Å². The number of ether oxygens (including phenoxy) is 2. The van der Waals surface area contributed by atoms with Crippen LogP contribution in [0, 0.1) is 6.92 Å². The van der Waals surface area contributed by atoms with E-state index in [1.54, 1.807) is 19.1 Å². The number of carbonyl (C=O) groups is 1. The van der Waals surface area contributed by atoms with Gasteiger partial charge in [0.15, 0.2) is 0 Å². The van der Waals surface area contributed by atoms with Crippen molar-refractivity contribution in [2.75, 3.05) is 18.0 Å². The number of hydrogen-bond acceptors (Lipinski definition) is 8. The number of halogens is 5. The molecule has 1 fully saturated rings. The fourth-order valence-electron chi connectivity index (χ4n) is 6.04. The third kappa shape index (κ3) is 4.30. The molecule has 2 aromatic heterocycles. The number of β-amino-alcohol motifs (C(OH)–C–C–N with tert-alkyl or cyclic N) is 1. The Morgan fingerprint density at radius 1 is 1.14 bits per heavy atom. The number of aliphatic hydroxyl groups is 1. The number of aromatic nitrogens is 4. The van der Waals surface area contributed by atoms with Crippen LogP contribution in [-0.2, 0) is 4.74 Å². The van der Waals surface area contributed by atoms with Gasteiger partial charge in [-0.1, -0.05) is 12.1 Å². The maximum atomic E-state index is 13.3. The predicted octanol–water partition coefficient (Wildman–Crippen LogP) is 4.23. The highest BCUT2D eigenvalue weighted by Crippen LogP contribution is 2.48. The molecule has 2 bridgehead atoms. The van der Waals surface area contributed by atoms with E-state index in [-0.39, 0.29) is 17.3 Å². The van der Waals surface area contributed by atoms with Crippen LogP contribution in [0.4, 0.5) is 27.9 Å². The Hall–Kier alpha value is -4.37. The Labute approximate surface area is 233 Å². The van der Waals surface area contributed by atoms with Crippen molar-refractivity contribution in [2.24, 2.45) is 0 Å². The zero-order chi connectivity index (χ0) is 29.6. The Bertz CT molecular complexity index is 1750. The van der Waals surface area contributed by atoms with Crippen LogP contribution in [0.1, 0.15) is 45.9 Å². The molecular formula is C27H21F5N6O4. The lowest BCUT2D eigenvalue weighted by Crippen LogP contribution is -2.65. The highest BCUT2D eigenvalue weighted by atomic mass is 19.4. The zero-order valence-corrected chi connectivity index (χ0v) is 21.7. The van der Waals surface area contributed by atoms with Gasteiger partial charge in [0.05, 0.1) is 41.9 Å². The summed E-state index contributed by atoms with van der Waals surface area (Å²) in [5.74, 6) is -2.10. The second-order valence-electron chi connectivity index (χ2n) is 10.4. The van der Waals surface area contributed by atoms with Crippen LogP contribution in [0.3, 0.4) is 0 Å². The molecule has 0 spiro atoms. The lowest BCUT2D eigenvalue weighted by molar-refractivity contribution is -0.413. The van der Waals surface area contributed by atoms with Crippen LogP contribution >= 0.6 is 0 Å². The van der Waals surface area contributed by atoms with Gasteiger partial charge >= 0.3 is 13.0 Å². The minimum atomic E-state index is -4.98. The molecule has 5 heterocycles. The quantitative estimate of drug-likeness (QED) is 0.263. The number of nitrogens with zero attached hydrogens (tertiary/aromatic N) is 5. The highest BCUT2D eigenvalue weighted by Gasteiger charge is 2.51. The van der Waals surface area contributed by atoms with Gasteiger partial charge in [0.2, 0.25) is 11.7 Å². The average Bonchev–Trinajstić information content (AvgIpc) is 3.38. The van der Waals surface area contributed by atoms with E-state index < -0.39 is 49.8 Å². The molecular weight excluding hydrogens is 567 g/mol. The maximum absolute atomic E-state index is 13.3. The van der Waals surface area contributed by atoms with Crippen molar-refractivity contribution in [3.8, 4) is 16.9 Å². The second kappa shape index (κ2) is 9.06. The van der Waals surface area contributed by atoms with Gasteiger partial charge in [-0.25, -0.2) is 15.0 Å². The number of nitrogens with one attached hydrogen (secondary N) is 1. The summed E-state index contributed by atoms with van der Waals surface area (Å²) in [4.78, 5) is 27.8. The van der Waals surface area contributed by atoms with Gasteiger partial charge in [-0.15, -0.1) is 13.2 Å². The molecule has 0 saturated carbocycles. The molecule has 0 unspecified atom stereocenters. The number of alkyl halides is 5. The van der Waals surface area contributed by atoms with E-state index in [1.165, 1.54) is 23.2 Å². The van der Waals surface area contributed by atoms with Gasteiger partial charge in [0.25, 0.3) is 5.91 Å². The molecule has 2 N–H and O–H groups in total. The van der Waals surface area contributed by atoms with Crippen molar-refractivity contribution >= 4 is 22.9 Å². The van der Waals surface area contributed by atoms with Crippen molar-refractivity contribution in [1.29, 1.82) is 0 Å². The minimum absolute atomic E-state index is 0.0764. The van der Waals surface area contributed by atoms with Gasteiger partial charge in [-0.3, -0.25) is 9.53 Å². The van der Waals surface area contributed by atoms with E-state index in [0.29, 0.717) is 40.1 Å². The molecule has 42 heavy (non-hydrogen) atoms. The molecule has 0 radical (unpaired) electrons. The van der Waals surface area contributed by atoms with Crippen molar-refractivity contribution in [3.63, 3.8) is 0 Å². The molecule has 218 valence electrons. The van der Waals surface area contributed by atoms with Crippen molar-refractivity contribution in [1.82, 2.24) is 24.8 Å².